The van der Waals surface area contributed by atoms with Crippen LogP contribution in [0.25, 0.3) is 0 Å². The Morgan fingerprint density at radius 1 is 1.20 bits per heavy atom. The van der Waals surface area contributed by atoms with Gasteiger partial charge in [0.05, 0.1) is 31.7 Å². The normalized spacial score (nSPS) is 34.4. The predicted molar refractivity (Wildman–Crippen MR) is 182 cm³/mol. The van der Waals surface area contributed by atoms with Gasteiger partial charge < -0.3 is 38.6 Å². The maximum Gasteiger partial charge on any atom is 0.328 e. The number of aliphatic hydroxyl groups is 1. The molecule has 4 rings (SSSR count). The van der Waals surface area contributed by atoms with Gasteiger partial charge in [0.1, 0.15) is 45.8 Å². The standard InChI is InChI=1S/C36H49ClN2O10/c1-20-12-11-13-27(46-10)36(44)18-30(42)48-34(5,19-36)21(2)32-35(6,49-32)28(47-33(43)22(3)38(7)23(4)40)17-29(41)39(8)25-15-24(14-20)16-26(45-9)31(25)37/h11-13,15-16,21-22,27-28,32,44H,14,17-19H2,1-10H3/b13-11+,20-12+/t21-,22?,27+,28-,32+,34-,35-,36-/m0/s1. The zero-order valence-corrected chi connectivity index (χ0v) is 30.8. The molecule has 2 saturated heterocycles. The third-order valence-electron chi connectivity index (χ3n) is 10.4. The van der Waals surface area contributed by atoms with Gasteiger partial charge >= 0.3 is 11.9 Å². The van der Waals surface area contributed by atoms with Crippen LogP contribution in [0, 0.1) is 5.92 Å². The lowest BCUT2D eigenvalue weighted by atomic mass is 9.71. The van der Waals surface area contributed by atoms with Gasteiger partial charge in [-0.05, 0) is 51.8 Å². The van der Waals surface area contributed by atoms with E-state index in [0.29, 0.717) is 17.9 Å². The van der Waals surface area contributed by atoms with Crippen molar-refractivity contribution in [1.29, 1.82) is 0 Å². The Morgan fingerprint density at radius 3 is 2.49 bits per heavy atom. The Labute approximate surface area is 293 Å². The number of nitrogens with zero attached hydrogens (tertiary/aromatic N) is 2. The zero-order chi connectivity index (χ0) is 36.6. The number of benzene rings is 1. The molecule has 1 unspecified atom stereocenters. The Balaban J connectivity index is 1.83. The number of rotatable bonds is 5. The minimum Gasteiger partial charge on any atom is -0.495 e. The Kier molecular flexibility index (Phi) is 11.3. The van der Waals surface area contributed by atoms with E-state index in [1.807, 2.05) is 19.9 Å². The molecule has 270 valence electrons. The van der Waals surface area contributed by atoms with Crippen LogP contribution in [-0.2, 0) is 44.5 Å². The van der Waals surface area contributed by atoms with Crippen molar-refractivity contribution in [3.63, 3.8) is 0 Å². The summed E-state index contributed by atoms with van der Waals surface area (Å²) in [4.78, 5) is 55.2. The zero-order valence-electron chi connectivity index (χ0n) is 30.0. The first kappa shape index (κ1) is 38.4. The van der Waals surface area contributed by atoms with E-state index in [4.69, 9.17) is 35.3 Å². The molecular formula is C36H49ClN2O10. The summed E-state index contributed by atoms with van der Waals surface area (Å²) in [5, 5.41) is 12.2. The van der Waals surface area contributed by atoms with Crippen LogP contribution in [0.2, 0.25) is 5.02 Å². The first-order valence-electron chi connectivity index (χ1n) is 16.4. The molecule has 1 aromatic rings. The van der Waals surface area contributed by atoms with Crippen molar-refractivity contribution < 1.29 is 48.0 Å². The number of allylic oxidation sites excluding steroid dienone is 3. The molecule has 2 amide bonds. The van der Waals surface area contributed by atoms with Gasteiger partial charge in [-0.15, -0.1) is 0 Å². The van der Waals surface area contributed by atoms with Crippen molar-refractivity contribution >= 4 is 41.0 Å². The highest BCUT2D eigenvalue weighted by Gasteiger charge is 2.67. The molecular weight excluding hydrogens is 656 g/mol. The molecule has 0 saturated carbocycles. The molecule has 0 spiro atoms. The molecule has 8 atom stereocenters. The van der Waals surface area contributed by atoms with Crippen LogP contribution in [0.3, 0.4) is 0 Å². The van der Waals surface area contributed by atoms with Crippen LogP contribution in [0.5, 0.6) is 5.75 Å². The van der Waals surface area contributed by atoms with Crippen LogP contribution in [0.15, 0.2) is 35.9 Å². The average Bonchev–Trinajstić information content (AvgIpc) is 3.72. The highest BCUT2D eigenvalue weighted by atomic mass is 35.5. The third kappa shape index (κ3) is 7.82. The van der Waals surface area contributed by atoms with Crippen molar-refractivity contribution in [3.05, 3.63) is 46.5 Å². The lowest BCUT2D eigenvalue weighted by Crippen LogP contribution is -2.58. The van der Waals surface area contributed by atoms with E-state index in [9.17, 15) is 24.3 Å². The number of hydrogen-bond acceptors (Lipinski definition) is 10. The quantitative estimate of drug-likeness (QED) is 0.350. The number of likely N-dealkylation sites (N-methyl/N-ethyl adjacent to an activating group) is 1. The fourth-order valence-corrected chi connectivity index (χ4v) is 7.21. The molecule has 1 N–H and O–H groups in total. The maximum absolute atomic E-state index is 14.0. The molecule has 3 aliphatic heterocycles. The van der Waals surface area contributed by atoms with Crippen LogP contribution in [-0.4, -0.2) is 103 Å². The summed E-state index contributed by atoms with van der Waals surface area (Å²) in [6.45, 7) is 10.1. The van der Waals surface area contributed by atoms with Crippen molar-refractivity contribution in [1.82, 2.24) is 4.90 Å². The first-order chi connectivity index (χ1) is 22.8. The Morgan fingerprint density at radius 2 is 1.88 bits per heavy atom. The van der Waals surface area contributed by atoms with Crippen LogP contribution < -0.4 is 9.64 Å². The summed E-state index contributed by atoms with van der Waals surface area (Å²) in [6.07, 6.45) is 2.71. The Bertz CT molecular complexity index is 1550. The van der Waals surface area contributed by atoms with E-state index < -0.39 is 64.9 Å². The molecule has 3 aliphatic rings. The number of halogens is 1. The summed E-state index contributed by atoms with van der Waals surface area (Å²) in [7, 11) is 6.03. The largest absolute Gasteiger partial charge is 0.495 e. The number of hydrogen-bond donors (Lipinski definition) is 1. The summed E-state index contributed by atoms with van der Waals surface area (Å²) in [6, 6.07) is 2.65. The SMILES string of the molecule is COc1cc2cc(c1Cl)N(C)C(=O)C[C@H](OC(=O)C(C)N(C)C(C)=O)[C@]1(C)O[C@@H]1[C@H](C)[C@]1(C)C[C@@](O)(CC(=O)O1)[C@H](OC)/C=C/C=C(\C)C2. The summed E-state index contributed by atoms with van der Waals surface area (Å²) in [5.41, 5.74) is -1.85. The maximum atomic E-state index is 14.0. The number of esters is 2. The van der Waals surface area contributed by atoms with E-state index in [-0.39, 0.29) is 30.2 Å². The fraction of sp³-hybridized carbons (Fsp3) is 0.611. The number of ether oxygens (including phenoxy) is 5. The van der Waals surface area contributed by atoms with Gasteiger partial charge in [0.15, 0.2) is 0 Å². The van der Waals surface area contributed by atoms with E-state index in [2.05, 4.69) is 0 Å². The van der Waals surface area contributed by atoms with Gasteiger partial charge in [-0.2, -0.15) is 0 Å². The second-order valence-electron chi connectivity index (χ2n) is 14.0. The highest BCUT2D eigenvalue weighted by molar-refractivity contribution is 6.35. The molecule has 4 bridgehead atoms. The number of amides is 2. The van der Waals surface area contributed by atoms with Crippen molar-refractivity contribution in [2.24, 2.45) is 5.92 Å². The molecule has 49 heavy (non-hydrogen) atoms. The molecule has 3 heterocycles. The van der Waals surface area contributed by atoms with Crippen molar-refractivity contribution in [2.75, 3.05) is 33.2 Å². The topological polar surface area (TPSA) is 144 Å². The number of carbonyl (C=O) groups excluding carboxylic acids is 4. The number of anilines is 1. The second kappa shape index (κ2) is 14.4. The molecule has 12 nitrogen and oxygen atoms in total. The van der Waals surface area contributed by atoms with E-state index in [0.717, 1.165) is 11.1 Å². The number of fused-ring (bicyclic) bond motifs is 5. The number of carbonyl (C=O) groups is 4. The first-order valence-corrected chi connectivity index (χ1v) is 16.7. The Hall–Kier alpha value is -3.45. The number of epoxide rings is 1. The minimum absolute atomic E-state index is 0.0328. The van der Waals surface area contributed by atoms with Crippen LogP contribution in [0.1, 0.15) is 66.4 Å². The molecule has 2 fully saturated rings. The fourth-order valence-electron chi connectivity index (χ4n) is 6.90. The smallest absolute Gasteiger partial charge is 0.328 e. The van der Waals surface area contributed by atoms with Crippen LogP contribution >= 0.6 is 11.6 Å². The molecule has 0 radical (unpaired) electrons. The van der Waals surface area contributed by atoms with E-state index in [1.165, 1.54) is 44.9 Å². The van der Waals surface area contributed by atoms with Gasteiger partial charge in [-0.25, -0.2) is 4.79 Å². The average molecular weight is 705 g/mol. The lowest BCUT2D eigenvalue weighted by Gasteiger charge is -2.47. The van der Waals surface area contributed by atoms with Crippen molar-refractivity contribution in [2.45, 2.75) is 108 Å². The van der Waals surface area contributed by atoms with Gasteiger partial charge in [0, 0.05) is 40.5 Å². The number of methoxy groups -OCH3 is 2. The summed E-state index contributed by atoms with van der Waals surface area (Å²) >= 11 is 6.73. The van der Waals surface area contributed by atoms with E-state index >= 15 is 0 Å². The summed E-state index contributed by atoms with van der Waals surface area (Å²) in [5.74, 6) is -2.22. The lowest BCUT2D eigenvalue weighted by molar-refractivity contribution is -0.209. The summed E-state index contributed by atoms with van der Waals surface area (Å²) < 4.78 is 29.5. The monoisotopic (exact) mass is 704 g/mol. The van der Waals surface area contributed by atoms with Crippen molar-refractivity contribution in [3.8, 4) is 5.75 Å². The minimum atomic E-state index is -1.60. The highest BCUT2D eigenvalue weighted by Crippen LogP contribution is 2.53. The van der Waals surface area contributed by atoms with Gasteiger partial charge in [0.25, 0.3) is 0 Å². The molecule has 13 heteroatoms. The van der Waals surface area contributed by atoms with Gasteiger partial charge in [-0.1, -0.05) is 42.3 Å². The van der Waals surface area contributed by atoms with Gasteiger partial charge in [0.2, 0.25) is 11.8 Å². The molecule has 0 aromatic heterocycles. The van der Waals surface area contributed by atoms with Gasteiger partial charge in [-0.3, -0.25) is 14.4 Å². The second-order valence-corrected chi connectivity index (χ2v) is 14.4. The molecule has 0 aliphatic carbocycles. The third-order valence-corrected chi connectivity index (χ3v) is 10.8. The van der Waals surface area contributed by atoms with E-state index in [1.54, 1.807) is 45.2 Å². The van der Waals surface area contributed by atoms with Crippen LogP contribution in [0.4, 0.5) is 5.69 Å². The molecule has 1 aromatic carbocycles. The predicted octanol–water partition coefficient (Wildman–Crippen LogP) is 4.17.